The Hall–Kier alpha value is -1.76. The Morgan fingerprint density at radius 2 is 1.14 bits per heavy atom. The van der Waals surface area contributed by atoms with Gasteiger partial charge in [0.2, 0.25) is 0 Å². The van der Waals surface area contributed by atoms with Crippen molar-refractivity contribution >= 4 is 11.4 Å². The predicted molar refractivity (Wildman–Crippen MR) is 98.0 cm³/mol. The highest BCUT2D eigenvalue weighted by molar-refractivity contribution is 5.67. The highest BCUT2D eigenvalue weighted by Gasteiger charge is 2.10. The summed E-state index contributed by atoms with van der Waals surface area (Å²) in [5.74, 6) is 0. The molecule has 1 heteroatoms. The molecule has 1 aliphatic heterocycles. The van der Waals surface area contributed by atoms with E-state index in [9.17, 15) is 0 Å². The van der Waals surface area contributed by atoms with E-state index in [4.69, 9.17) is 0 Å². The molecule has 1 nitrogen and oxygen atoms in total. The van der Waals surface area contributed by atoms with Crippen LogP contribution in [-0.4, -0.2) is 0 Å². The molecule has 0 unspecified atom stereocenters. The molecular weight excluding hydrogens is 266 g/mol. The molecule has 1 N–H and O–H groups in total. The van der Waals surface area contributed by atoms with Crippen LogP contribution in [0.25, 0.3) is 0 Å². The summed E-state index contributed by atoms with van der Waals surface area (Å²) in [5, 5.41) is 3.50. The number of unbranched alkanes of at least 4 members (excludes halogenated alkanes) is 4. The molecule has 0 aliphatic carbocycles. The summed E-state index contributed by atoms with van der Waals surface area (Å²) < 4.78 is 0. The molecule has 118 valence electrons. The van der Waals surface area contributed by atoms with Gasteiger partial charge in [-0.2, -0.15) is 0 Å². The van der Waals surface area contributed by atoms with E-state index in [1.807, 2.05) is 0 Å². The van der Waals surface area contributed by atoms with E-state index in [2.05, 4.69) is 67.7 Å². The van der Waals surface area contributed by atoms with Gasteiger partial charge in [-0.15, -0.1) is 0 Å². The monoisotopic (exact) mass is 295 g/mol. The second-order valence-corrected chi connectivity index (χ2v) is 6.00. The molecule has 2 aromatic carbocycles. The first-order valence-electron chi connectivity index (χ1n) is 8.78. The SMILES string of the molecule is CCCCCCC.c1ccc2c(c1)CCc1ccccc1N2. The smallest absolute Gasteiger partial charge is 0.0416 e. The number of benzene rings is 2. The Morgan fingerprint density at radius 3 is 1.59 bits per heavy atom. The van der Waals surface area contributed by atoms with Crippen LogP contribution in [0.3, 0.4) is 0 Å². The van der Waals surface area contributed by atoms with E-state index in [0.29, 0.717) is 0 Å². The van der Waals surface area contributed by atoms with Crippen LogP contribution >= 0.6 is 0 Å². The predicted octanol–water partition coefficient (Wildman–Crippen LogP) is 6.51. The zero-order valence-corrected chi connectivity index (χ0v) is 14.1. The molecule has 22 heavy (non-hydrogen) atoms. The number of hydrogen-bond acceptors (Lipinski definition) is 1. The number of aryl methyl sites for hydroxylation is 2. The van der Waals surface area contributed by atoms with Gasteiger partial charge in [0.05, 0.1) is 0 Å². The highest BCUT2D eigenvalue weighted by Crippen LogP contribution is 2.29. The number of nitrogens with one attached hydrogen (secondary N) is 1. The lowest BCUT2D eigenvalue weighted by Crippen LogP contribution is -1.92. The first-order valence-corrected chi connectivity index (χ1v) is 8.78. The number of rotatable bonds is 4. The van der Waals surface area contributed by atoms with Crippen LogP contribution in [0.4, 0.5) is 11.4 Å². The van der Waals surface area contributed by atoms with E-state index in [-0.39, 0.29) is 0 Å². The molecule has 0 aromatic heterocycles. The van der Waals surface area contributed by atoms with Crippen molar-refractivity contribution in [3.63, 3.8) is 0 Å². The number of anilines is 2. The minimum Gasteiger partial charge on any atom is -0.355 e. The molecule has 3 rings (SSSR count). The minimum atomic E-state index is 1.13. The van der Waals surface area contributed by atoms with Crippen molar-refractivity contribution in [2.45, 2.75) is 58.8 Å². The van der Waals surface area contributed by atoms with Gasteiger partial charge in [0, 0.05) is 11.4 Å². The second kappa shape index (κ2) is 9.30. The van der Waals surface area contributed by atoms with Gasteiger partial charge in [-0.05, 0) is 36.1 Å². The van der Waals surface area contributed by atoms with Crippen molar-refractivity contribution < 1.29 is 0 Å². The summed E-state index contributed by atoms with van der Waals surface area (Å²) in [6.07, 6.45) is 9.26. The highest BCUT2D eigenvalue weighted by atomic mass is 14.9. The maximum atomic E-state index is 3.50. The largest absolute Gasteiger partial charge is 0.355 e. The molecular formula is C21H29N. The summed E-state index contributed by atoms with van der Waals surface area (Å²) in [4.78, 5) is 0. The van der Waals surface area contributed by atoms with Gasteiger partial charge >= 0.3 is 0 Å². The van der Waals surface area contributed by atoms with Crippen molar-refractivity contribution in [2.24, 2.45) is 0 Å². The Balaban J connectivity index is 0.000000217. The molecule has 1 heterocycles. The molecule has 0 spiro atoms. The molecule has 0 saturated carbocycles. The Labute approximate surface area is 135 Å². The van der Waals surface area contributed by atoms with Crippen molar-refractivity contribution in [3.05, 3.63) is 59.7 Å². The third-order valence-corrected chi connectivity index (χ3v) is 4.17. The van der Waals surface area contributed by atoms with Gasteiger partial charge < -0.3 is 5.32 Å². The van der Waals surface area contributed by atoms with Crippen LogP contribution in [0.15, 0.2) is 48.5 Å². The van der Waals surface area contributed by atoms with Crippen LogP contribution in [0.1, 0.15) is 57.1 Å². The first kappa shape index (κ1) is 16.6. The Bertz CT molecular complexity index is 510. The van der Waals surface area contributed by atoms with Gasteiger partial charge in [-0.1, -0.05) is 82.3 Å². The van der Waals surface area contributed by atoms with Crippen molar-refractivity contribution in [3.8, 4) is 0 Å². The van der Waals surface area contributed by atoms with Crippen LogP contribution < -0.4 is 5.32 Å². The Kier molecular flexibility index (Phi) is 7.02. The summed E-state index contributed by atoms with van der Waals surface area (Å²) in [6.45, 7) is 4.49. The van der Waals surface area contributed by atoms with E-state index < -0.39 is 0 Å². The van der Waals surface area contributed by atoms with Crippen LogP contribution in [0, 0.1) is 0 Å². The quantitative estimate of drug-likeness (QED) is 0.634. The van der Waals surface area contributed by atoms with E-state index in [1.54, 1.807) is 0 Å². The molecule has 0 fully saturated rings. The maximum absolute atomic E-state index is 3.50. The molecule has 0 atom stereocenters. The van der Waals surface area contributed by atoms with Crippen molar-refractivity contribution in [2.75, 3.05) is 5.32 Å². The third kappa shape index (κ3) is 4.91. The van der Waals surface area contributed by atoms with Gasteiger partial charge in [0.15, 0.2) is 0 Å². The molecule has 0 bridgehead atoms. The molecule has 1 aliphatic rings. The topological polar surface area (TPSA) is 12.0 Å². The van der Waals surface area contributed by atoms with Crippen LogP contribution in [-0.2, 0) is 12.8 Å². The third-order valence-electron chi connectivity index (χ3n) is 4.17. The zero-order chi connectivity index (χ0) is 15.6. The van der Waals surface area contributed by atoms with Crippen molar-refractivity contribution in [1.29, 1.82) is 0 Å². The maximum Gasteiger partial charge on any atom is 0.0416 e. The number of fused-ring (bicyclic) bond motifs is 2. The number of para-hydroxylation sites is 2. The van der Waals surface area contributed by atoms with Crippen LogP contribution in [0.5, 0.6) is 0 Å². The fourth-order valence-electron chi connectivity index (χ4n) is 2.81. The summed E-state index contributed by atoms with van der Waals surface area (Å²) in [6, 6.07) is 17.1. The second-order valence-electron chi connectivity index (χ2n) is 6.00. The molecule has 0 saturated heterocycles. The van der Waals surface area contributed by atoms with E-state index in [0.717, 1.165) is 12.8 Å². The minimum absolute atomic E-state index is 1.13. The van der Waals surface area contributed by atoms with Gasteiger partial charge in [0.1, 0.15) is 0 Å². The van der Waals surface area contributed by atoms with Crippen LogP contribution in [0.2, 0.25) is 0 Å². The lowest BCUT2D eigenvalue weighted by Gasteiger charge is -2.08. The van der Waals surface area contributed by atoms with Crippen molar-refractivity contribution in [1.82, 2.24) is 0 Å². The lowest BCUT2D eigenvalue weighted by molar-refractivity contribution is 0.656. The first-order chi connectivity index (χ1) is 10.8. The number of hydrogen-bond donors (Lipinski definition) is 1. The normalized spacial score (nSPS) is 12.1. The molecule has 2 aromatic rings. The average Bonchev–Trinajstić information content (AvgIpc) is 2.75. The fourth-order valence-corrected chi connectivity index (χ4v) is 2.81. The summed E-state index contributed by atoms with van der Waals surface area (Å²) >= 11 is 0. The van der Waals surface area contributed by atoms with E-state index in [1.165, 1.54) is 54.6 Å². The lowest BCUT2D eigenvalue weighted by atomic mass is 10.0. The molecule has 0 amide bonds. The summed E-state index contributed by atoms with van der Waals surface area (Å²) in [5.41, 5.74) is 5.33. The average molecular weight is 295 g/mol. The fraction of sp³-hybridized carbons (Fsp3) is 0.429. The van der Waals surface area contributed by atoms with E-state index >= 15 is 0 Å². The zero-order valence-electron chi connectivity index (χ0n) is 14.1. The molecule has 0 radical (unpaired) electrons. The van der Waals surface area contributed by atoms with Gasteiger partial charge in [-0.25, -0.2) is 0 Å². The Morgan fingerprint density at radius 1 is 0.682 bits per heavy atom. The standard InChI is InChI=1S/C14H13N.C7H16/c1-3-7-13-11(5-1)9-10-12-6-2-4-8-14(12)15-13;1-3-5-7-6-4-2/h1-8,15H,9-10H2;3-7H2,1-2H3. The van der Waals surface area contributed by atoms with Gasteiger partial charge in [-0.3, -0.25) is 0 Å². The summed E-state index contributed by atoms with van der Waals surface area (Å²) in [7, 11) is 0. The van der Waals surface area contributed by atoms with Gasteiger partial charge in [0.25, 0.3) is 0 Å².